The molecule has 104 valence electrons. The summed E-state index contributed by atoms with van der Waals surface area (Å²) < 4.78 is 0. The molecule has 0 saturated carbocycles. The number of fused-ring (bicyclic) bond motifs is 1. The van der Waals surface area contributed by atoms with Gasteiger partial charge in [-0.15, -0.1) is 0 Å². The summed E-state index contributed by atoms with van der Waals surface area (Å²) in [5, 5.41) is 23.7. The van der Waals surface area contributed by atoms with Crippen molar-refractivity contribution in [2.75, 3.05) is 0 Å². The lowest BCUT2D eigenvalue weighted by molar-refractivity contribution is 0.0965. The molecule has 0 aliphatic carbocycles. The lowest BCUT2D eigenvalue weighted by Gasteiger charge is -2.01. The van der Waals surface area contributed by atoms with Crippen LogP contribution in [0.3, 0.4) is 0 Å². The molecule has 0 unspecified atom stereocenters. The topological polar surface area (TPSA) is 110 Å². The van der Waals surface area contributed by atoms with Gasteiger partial charge in [-0.3, -0.25) is 15.0 Å². The molecule has 0 fully saturated rings. The highest BCUT2D eigenvalue weighted by Crippen LogP contribution is 2.24. The van der Waals surface area contributed by atoms with Gasteiger partial charge in [-0.1, -0.05) is 12.6 Å². The van der Waals surface area contributed by atoms with Gasteiger partial charge in [0.05, 0.1) is 17.4 Å². The Bertz CT molecular complexity index is 830. The number of benzene rings is 1. The number of nitrogens with one attached hydrogen (secondary N) is 4. The van der Waals surface area contributed by atoms with E-state index in [9.17, 15) is 4.79 Å². The van der Waals surface area contributed by atoms with Crippen LogP contribution in [0.5, 0.6) is 0 Å². The summed E-state index contributed by atoms with van der Waals surface area (Å²) >= 11 is 0. The molecule has 0 aliphatic heterocycles. The number of hydrogen-bond donors (Lipinski definition) is 4. The van der Waals surface area contributed by atoms with Crippen LogP contribution in [0.15, 0.2) is 42.9 Å². The summed E-state index contributed by atoms with van der Waals surface area (Å²) in [7, 11) is 0. The maximum absolute atomic E-state index is 12.0. The fourth-order valence-corrected chi connectivity index (χ4v) is 2.02. The third-order valence-electron chi connectivity index (χ3n) is 3.06. The Morgan fingerprint density at radius 2 is 2.24 bits per heavy atom. The van der Waals surface area contributed by atoms with Crippen LogP contribution in [0.2, 0.25) is 0 Å². The van der Waals surface area contributed by atoms with Gasteiger partial charge < -0.3 is 10.7 Å². The van der Waals surface area contributed by atoms with Crippen molar-refractivity contribution in [3.63, 3.8) is 0 Å². The van der Waals surface area contributed by atoms with E-state index in [0.717, 1.165) is 22.9 Å². The first kappa shape index (κ1) is 12.8. The Hall–Kier alpha value is -3.22. The Morgan fingerprint density at radius 3 is 2.95 bits per heavy atom. The maximum atomic E-state index is 12.0. The van der Waals surface area contributed by atoms with Crippen LogP contribution in [-0.4, -0.2) is 32.5 Å². The molecule has 3 rings (SSSR count). The number of hydrogen-bond acceptors (Lipinski definition) is 4. The summed E-state index contributed by atoms with van der Waals surface area (Å²) in [6, 6.07) is 5.61. The first-order valence-electron chi connectivity index (χ1n) is 6.17. The summed E-state index contributed by atoms with van der Waals surface area (Å²) in [6.07, 6.45) is 4.49. The molecule has 4 N–H and O–H groups in total. The van der Waals surface area contributed by atoms with Gasteiger partial charge >= 0.3 is 0 Å². The fourth-order valence-electron chi connectivity index (χ4n) is 2.02. The number of carbonyl (C=O) groups is 1. The average Bonchev–Trinajstić information content (AvgIpc) is 3.15. The summed E-state index contributed by atoms with van der Waals surface area (Å²) in [6.45, 7) is 3.53. The third kappa shape index (κ3) is 2.32. The van der Waals surface area contributed by atoms with Crippen molar-refractivity contribution >= 4 is 23.0 Å². The van der Waals surface area contributed by atoms with Crippen molar-refractivity contribution in [3.05, 3.63) is 48.6 Å². The number of carbonyl (C=O) groups excluding carboxylic acids is 1. The lowest BCUT2D eigenvalue weighted by Crippen LogP contribution is -2.23. The van der Waals surface area contributed by atoms with E-state index in [2.05, 4.69) is 32.3 Å². The van der Waals surface area contributed by atoms with Crippen molar-refractivity contribution in [2.45, 2.75) is 0 Å². The molecule has 1 aromatic carbocycles. The third-order valence-corrected chi connectivity index (χ3v) is 3.06. The molecule has 0 bridgehead atoms. The molecule has 7 nitrogen and oxygen atoms in total. The van der Waals surface area contributed by atoms with E-state index in [0.29, 0.717) is 5.39 Å². The molecule has 2 heterocycles. The number of amides is 1. The Balaban J connectivity index is 1.98. The van der Waals surface area contributed by atoms with E-state index in [1.165, 1.54) is 0 Å². The zero-order valence-corrected chi connectivity index (χ0v) is 11.0. The van der Waals surface area contributed by atoms with Crippen LogP contribution in [0.1, 0.15) is 10.5 Å². The molecular formula is C14H12N6O. The molecule has 0 radical (unpaired) electrons. The van der Waals surface area contributed by atoms with Crippen LogP contribution in [-0.2, 0) is 0 Å². The van der Waals surface area contributed by atoms with Gasteiger partial charge in [0.15, 0.2) is 5.69 Å². The van der Waals surface area contributed by atoms with Gasteiger partial charge in [0, 0.05) is 23.4 Å². The minimum Gasteiger partial charge on any atom is -0.320 e. The number of aromatic amines is 2. The molecule has 1 amide bonds. The fraction of sp³-hybridized carbons (Fsp3) is 0. The highest BCUT2D eigenvalue weighted by molar-refractivity contribution is 6.07. The largest absolute Gasteiger partial charge is 0.320 e. The van der Waals surface area contributed by atoms with Gasteiger partial charge in [-0.25, -0.2) is 0 Å². The number of aromatic nitrogens is 4. The van der Waals surface area contributed by atoms with E-state index >= 15 is 0 Å². The van der Waals surface area contributed by atoms with Crippen molar-refractivity contribution < 1.29 is 4.79 Å². The first-order valence-corrected chi connectivity index (χ1v) is 6.17. The van der Waals surface area contributed by atoms with Crippen LogP contribution in [0.25, 0.3) is 22.0 Å². The second kappa shape index (κ2) is 5.04. The van der Waals surface area contributed by atoms with Gasteiger partial charge in [0.25, 0.3) is 5.91 Å². The minimum absolute atomic E-state index is 0.214. The molecular weight excluding hydrogens is 268 g/mol. The van der Waals surface area contributed by atoms with Crippen molar-refractivity contribution in [1.29, 1.82) is 5.41 Å². The zero-order valence-electron chi connectivity index (χ0n) is 11.0. The Labute approximate surface area is 119 Å². The molecule has 0 aliphatic rings. The molecule has 21 heavy (non-hydrogen) atoms. The second-order valence-corrected chi connectivity index (χ2v) is 4.44. The standard InChI is InChI=1S/C14H12N6O/c1-8(5-15)18-14(21)13-11-3-2-9(4-12(11)19-20-13)10-6-16-17-7-10/h2-7,15H,1H2,(H,16,17)(H,18,21)(H,19,20). The number of rotatable bonds is 4. The highest BCUT2D eigenvalue weighted by Gasteiger charge is 2.14. The van der Waals surface area contributed by atoms with Crippen LogP contribution in [0, 0.1) is 5.41 Å². The van der Waals surface area contributed by atoms with Gasteiger partial charge in [0.2, 0.25) is 0 Å². The van der Waals surface area contributed by atoms with Gasteiger partial charge in [0.1, 0.15) is 0 Å². The second-order valence-electron chi connectivity index (χ2n) is 4.44. The number of allylic oxidation sites excluding steroid dienone is 1. The molecule has 0 saturated heterocycles. The summed E-state index contributed by atoms with van der Waals surface area (Å²) in [5.41, 5.74) is 3.16. The quantitative estimate of drug-likeness (QED) is 0.547. The smallest absolute Gasteiger partial charge is 0.276 e. The van der Waals surface area contributed by atoms with E-state index in [1.807, 2.05) is 18.2 Å². The van der Waals surface area contributed by atoms with E-state index in [4.69, 9.17) is 5.41 Å². The Morgan fingerprint density at radius 1 is 1.38 bits per heavy atom. The predicted molar refractivity (Wildman–Crippen MR) is 79.1 cm³/mol. The number of H-pyrrole nitrogens is 2. The van der Waals surface area contributed by atoms with E-state index in [-0.39, 0.29) is 11.4 Å². The van der Waals surface area contributed by atoms with E-state index < -0.39 is 5.91 Å². The molecule has 2 aromatic heterocycles. The summed E-state index contributed by atoms with van der Waals surface area (Å²) in [4.78, 5) is 12.0. The monoisotopic (exact) mass is 280 g/mol. The minimum atomic E-state index is -0.397. The van der Waals surface area contributed by atoms with E-state index in [1.54, 1.807) is 12.4 Å². The first-order chi connectivity index (χ1) is 10.2. The highest BCUT2D eigenvalue weighted by atomic mass is 16.1. The molecule has 7 heteroatoms. The molecule has 3 aromatic rings. The molecule has 0 spiro atoms. The average molecular weight is 280 g/mol. The molecule has 0 atom stereocenters. The van der Waals surface area contributed by atoms with Crippen LogP contribution in [0.4, 0.5) is 0 Å². The van der Waals surface area contributed by atoms with Gasteiger partial charge in [-0.05, 0) is 17.7 Å². The van der Waals surface area contributed by atoms with Crippen molar-refractivity contribution in [1.82, 2.24) is 25.7 Å². The normalized spacial score (nSPS) is 10.5. The van der Waals surface area contributed by atoms with Gasteiger partial charge in [-0.2, -0.15) is 10.2 Å². The van der Waals surface area contributed by atoms with Crippen LogP contribution < -0.4 is 5.32 Å². The summed E-state index contributed by atoms with van der Waals surface area (Å²) in [5.74, 6) is -0.397. The van der Waals surface area contributed by atoms with Crippen molar-refractivity contribution in [2.24, 2.45) is 0 Å². The SMILES string of the molecule is C=C(C=N)NC(=O)c1n[nH]c2cc(-c3cn[nH]c3)ccc12. The Kier molecular flexibility index (Phi) is 3.07. The lowest BCUT2D eigenvalue weighted by atomic mass is 10.1. The maximum Gasteiger partial charge on any atom is 0.276 e. The number of nitrogens with zero attached hydrogens (tertiary/aromatic N) is 2. The van der Waals surface area contributed by atoms with Crippen LogP contribution >= 0.6 is 0 Å². The van der Waals surface area contributed by atoms with Crippen molar-refractivity contribution in [3.8, 4) is 11.1 Å². The zero-order chi connectivity index (χ0) is 14.8. The predicted octanol–water partition coefficient (Wildman–Crippen LogP) is 1.85.